The highest BCUT2D eigenvalue weighted by molar-refractivity contribution is 6.03. The van der Waals surface area contributed by atoms with Crippen LogP contribution in [0.3, 0.4) is 0 Å². The Kier molecular flexibility index (Phi) is 5.34. The van der Waals surface area contributed by atoms with Gasteiger partial charge in [-0.1, -0.05) is 36.4 Å². The van der Waals surface area contributed by atoms with Crippen molar-refractivity contribution in [3.8, 4) is 0 Å². The number of hydrogen-bond acceptors (Lipinski definition) is 4. The molecule has 3 rings (SSSR count). The van der Waals surface area contributed by atoms with Crippen LogP contribution >= 0.6 is 0 Å². The molecule has 1 aliphatic heterocycles. The Balaban J connectivity index is 1.64. The molecule has 2 aromatic carbocycles. The SMILES string of the molecule is COC(=O)C1CCN([C@H](C)C(=O)Nc2cccc3ccccc23)CC1. The lowest BCUT2D eigenvalue weighted by Gasteiger charge is -2.34. The summed E-state index contributed by atoms with van der Waals surface area (Å²) >= 11 is 0. The molecular formula is C20H24N2O3. The Morgan fingerprint density at radius 2 is 1.80 bits per heavy atom. The standard InChI is InChI=1S/C20H24N2O3/c1-14(22-12-10-16(11-13-22)20(24)25-2)19(23)21-18-9-5-7-15-6-3-4-8-17(15)18/h3-9,14,16H,10-13H2,1-2H3,(H,21,23)/t14-/m1/s1. The number of methoxy groups -OCH3 is 1. The number of hydrogen-bond donors (Lipinski definition) is 1. The zero-order valence-electron chi connectivity index (χ0n) is 14.7. The number of benzene rings is 2. The van der Waals surface area contributed by atoms with E-state index in [0.29, 0.717) is 0 Å². The number of likely N-dealkylation sites (tertiary alicyclic amines) is 1. The average Bonchev–Trinajstić information content (AvgIpc) is 2.67. The molecule has 0 spiro atoms. The number of fused-ring (bicyclic) bond motifs is 1. The third-order valence-electron chi connectivity index (χ3n) is 5.04. The highest BCUT2D eigenvalue weighted by Gasteiger charge is 2.30. The first kappa shape index (κ1) is 17.4. The first-order valence-corrected chi connectivity index (χ1v) is 8.70. The van der Waals surface area contributed by atoms with Crippen LogP contribution in [-0.4, -0.2) is 43.0 Å². The maximum Gasteiger partial charge on any atom is 0.308 e. The van der Waals surface area contributed by atoms with Crippen molar-refractivity contribution in [1.29, 1.82) is 0 Å². The van der Waals surface area contributed by atoms with Crippen molar-refractivity contribution in [3.63, 3.8) is 0 Å². The van der Waals surface area contributed by atoms with E-state index in [-0.39, 0.29) is 23.8 Å². The van der Waals surface area contributed by atoms with Gasteiger partial charge in [0.05, 0.1) is 19.1 Å². The number of amides is 1. The molecule has 1 atom stereocenters. The number of anilines is 1. The van der Waals surface area contributed by atoms with Gasteiger partial charge in [-0.05, 0) is 44.3 Å². The molecule has 25 heavy (non-hydrogen) atoms. The molecule has 0 unspecified atom stereocenters. The van der Waals surface area contributed by atoms with Crippen molar-refractivity contribution in [2.45, 2.75) is 25.8 Å². The number of rotatable bonds is 4. The minimum absolute atomic E-state index is 0.0205. The molecule has 1 N–H and O–H groups in total. The van der Waals surface area contributed by atoms with Gasteiger partial charge in [-0.15, -0.1) is 0 Å². The van der Waals surface area contributed by atoms with E-state index in [1.165, 1.54) is 7.11 Å². The van der Waals surface area contributed by atoms with Crippen LogP contribution in [-0.2, 0) is 14.3 Å². The minimum Gasteiger partial charge on any atom is -0.469 e. The van der Waals surface area contributed by atoms with Gasteiger partial charge in [0.1, 0.15) is 0 Å². The largest absolute Gasteiger partial charge is 0.469 e. The zero-order valence-corrected chi connectivity index (χ0v) is 14.7. The summed E-state index contributed by atoms with van der Waals surface area (Å²) in [6.45, 7) is 3.37. The average molecular weight is 340 g/mol. The summed E-state index contributed by atoms with van der Waals surface area (Å²) in [5.41, 5.74) is 0.833. The molecule has 1 saturated heterocycles. The van der Waals surface area contributed by atoms with Crippen LogP contribution in [0.2, 0.25) is 0 Å². The molecule has 1 fully saturated rings. The molecule has 5 nitrogen and oxygen atoms in total. The van der Waals surface area contributed by atoms with Crippen molar-refractivity contribution in [2.75, 3.05) is 25.5 Å². The molecule has 0 bridgehead atoms. The molecule has 0 saturated carbocycles. The highest BCUT2D eigenvalue weighted by Crippen LogP contribution is 2.24. The normalized spacial score (nSPS) is 17.2. The van der Waals surface area contributed by atoms with Gasteiger partial charge in [-0.2, -0.15) is 0 Å². The Morgan fingerprint density at radius 3 is 2.52 bits per heavy atom. The number of ether oxygens (including phenoxy) is 1. The van der Waals surface area contributed by atoms with E-state index in [0.717, 1.165) is 42.4 Å². The Labute approximate surface area is 148 Å². The molecule has 1 aliphatic rings. The number of piperidine rings is 1. The maximum atomic E-state index is 12.7. The van der Waals surface area contributed by atoms with E-state index in [2.05, 4.69) is 10.2 Å². The fourth-order valence-electron chi connectivity index (χ4n) is 3.43. The van der Waals surface area contributed by atoms with Gasteiger partial charge in [0.25, 0.3) is 0 Å². The zero-order chi connectivity index (χ0) is 17.8. The quantitative estimate of drug-likeness (QED) is 0.869. The van der Waals surface area contributed by atoms with Gasteiger partial charge in [0, 0.05) is 11.1 Å². The molecule has 1 heterocycles. The number of esters is 1. The second-order valence-electron chi connectivity index (χ2n) is 6.53. The second-order valence-corrected chi connectivity index (χ2v) is 6.53. The van der Waals surface area contributed by atoms with E-state index in [1.807, 2.05) is 49.4 Å². The summed E-state index contributed by atoms with van der Waals surface area (Å²) in [7, 11) is 1.43. The van der Waals surface area contributed by atoms with Gasteiger partial charge >= 0.3 is 5.97 Å². The fraction of sp³-hybridized carbons (Fsp3) is 0.400. The maximum absolute atomic E-state index is 12.7. The minimum atomic E-state index is -0.238. The first-order chi connectivity index (χ1) is 12.1. The topological polar surface area (TPSA) is 58.6 Å². The van der Waals surface area contributed by atoms with Gasteiger partial charge in [-0.3, -0.25) is 14.5 Å². The number of carbonyl (C=O) groups is 2. The third-order valence-corrected chi connectivity index (χ3v) is 5.04. The molecule has 2 aromatic rings. The lowest BCUT2D eigenvalue weighted by molar-refractivity contribution is -0.147. The lowest BCUT2D eigenvalue weighted by Crippen LogP contribution is -2.47. The fourth-order valence-corrected chi connectivity index (χ4v) is 3.43. The van der Waals surface area contributed by atoms with Gasteiger partial charge in [0.15, 0.2) is 0 Å². The predicted molar refractivity (Wildman–Crippen MR) is 98.4 cm³/mol. The van der Waals surface area contributed by atoms with E-state index < -0.39 is 0 Å². The first-order valence-electron chi connectivity index (χ1n) is 8.70. The van der Waals surface area contributed by atoms with Crippen molar-refractivity contribution in [3.05, 3.63) is 42.5 Å². The van der Waals surface area contributed by atoms with Crippen LogP contribution in [0.5, 0.6) is 0 Å². The van der Waals surface area contributed by atoms with E-state index in [9.17, 15) is 9.59 Å². The predicted octanol–water partition coefficient (Wildman–Crippen LogP) is 3.05. The number of carbonyl (C=O) groups excluding carboxylic acids is 2. The van der Waals surface area contributed by atoms with Crippen LogP contribution in [0.1, 0.15) is 19.8 Å². The summed E-state index contributed by atoms with van der Waals surface area (Å²) < 4.78 is 4.82. The number of nitrogens with zero attached hydrogens (tertiary/aromatic N) is 1. The van der Waals surface area contributed by atoms with Crippen LogP contribution < -0.4 is 5.32 Å². The summed E-state index contributed by atoms with van der Waals surface area (Å²) in [5, 5.41) is 5.20. The smallest absolute Gasteiger partial charge is 0.308 e. The van der Waals surface area contributed by atoms with Crippen molar-refractivity contribution < 1.29 is 14.3 Å². The van der Waals surface area contributed by atoms with Crippen LogP contribution in [0.25, 0.3) is 10.8 Å². The Bertz CT molecular complexity index is 761. The van der Waals surface area contributed by atoms with Gasteiger partial charge in [0.2, 0.25) is 5.91 Å². The van der Waals surface area contributed by atoms with Crippen molar-refractivity contribution in [2.24, 2.45) is 5.92 Å². The van der Waals surface area contributed by atoms with Crippen molar-refractivity contribution >= 4 is 28.3 Å². The summed E-state index contributed by atoms with van der Waals surface area (Å²) in [6, 6.07) is 13.7. The van der Waals surface area contributed by atoms with E-state index >= 15 is 0 Å². The molecule has 0 radical (unpaired) electrons. The molecule has 0 aliphatic carbocycles. The monoisotopic (exact) mass is 340 g/mol. The summed E-state index contributed by atoms with van der Waals surface area (Å²) in [6.07, 6.45) is 1.47. The van der Waals surface area contributed by atoms with Crippen molar-refractivity contribution in [1.82, 2.24) is 4.90 Å². The Morgan fingerprint density at radius 1 is 1.12 bits per heavy atom. The van der Waals surface area contributed by atoms with Crippen LogP contribution in [0.15, 0.2) is 42.5 Å². The van der Waals surface area contributed by atoms with E-state index in [4.69, 9.17) is 4.74 Å². The molecule has 1 amide bonds. The third kappa shape index (κ3) is 3.82. The van der Waals surface area contributed by atoms with Crippen LogP contribution in [0.4, 0.5) is 5.69 Å². The highest BCUT2D eigenvalue weighted by atomic mass is 16.5. The van der Waals surface area contributed by atoms with Gasteiger partial charge in [-0.25, -0.2) is 0 Å². The molecular weight excluding hydrogens is 316 g/mol. The summed E-state index contributed by atoms with van der Waals surface area (Å²) in [5.74, 6) is -0.213. The summed E-state index contributed by atoms with van der Waals surface area (Å²) in [4.78, 5) is 26.4. The lowest BCUT2D eigenvalue weighted by atomic mass is 9.96. The second kappa shape index (κ2) is 7.66. The van der Waals surface area contributed by atoms with Gasteiger partial charge < -0.3 is 10.1 Å². The number of nitrogens with one attached hydrogen (secondary N) is 1. The molecule has 0 aromatic heterocycles. The van der Waals surface area contributed by atoms with E-state index in [1.54, 1.807) is 0 Å². The van der Waals surface area contributed by atoms with Crippen LogP contribution in [0, 0.1) is 5.92 Å². The molecule has 132 valence electrons. The molecule has 5 heteroatoms. The Hall–Kier alpha value is -2.40.